The Kier molecular flexibility index (Phi) is 8.61. The van der Waals surface area contributed by atoms with Gasteiger partial charge in [0.05, 0.1) is 18.6 Å². The predicted molar refractivity (Wildman–Crippen MR) is 143 cm³/mol. The summed E-state index contributed by atoms with van der Waals surface area (Å²) in [7, 11) is 0. The van der Waals surface area contributed by atoms with Gasteiger partial charge in [0, 0.05) is 32.5 Å². The van der Waals surface area contributed by atoms with Gasteiger partial charge >= 0.3 is 0 Å². The number of hydrogen-bond acceptors (Lipinski definition) is 7. The largest absolute Gasteiger partial charge is 0.493 e. The molecule has 2 aromatic rings. The molecule has 1 atom stereocenters. The lowest BCUT2D eigenvalue weighted by Gasteiger charge is -2.41. The number of aryl methyl sites for hydroxylation is 2. The van der Waals surface area contributed by atoms with Crippen LogP contribution < -0.4 is 10.1 Å². The average Bonchev–Trinajstić information content (AvgIpc) is 3.38. The minimum absolute atomic E-state index is 0.135. The molecule has 4 heterocycles. The van der Waals surface area contributed by atoms with Crippen molar-refractivity contribution < 1.29 is 18.8 Å². The Morgan fingerprint density at radius 1 is 1.11 bits per heavy atom. The molecule has 38 heavy (non-hydrogen) atoms. The third-order valence-electron chi connectivity index (χ3n) is 8.52. The number of fused-ring (bicyclic) bond motifs is 1. The Balaban J connectivity index is 1.15. The molecule has 5 rings (SSSR count). The van der Waals surface area contributed by atoms with Crippen LogP contribution in [0.4, 0.5) is 0 Å². The summed E-state index contributed by atoms with van der Waals surface area (Å²) >= 11 is 0. The first-order valence-electron chi connectivity index (χ1n) is 14.3. The van der Waals surface area contributed by atoms with Gasteiger partial charge in [-0.1, -0.05) is 29.8 Å². The summed E-state index contributed by atoms with van der Waals surface area (Å²) in [5.74, 6) is 2.71. The van der Waals surface area contributed by atoms with Crippen molar-refractivity contribution in [2.45, 2.75) is 70.6 Å². The maximum atomic E-state index is 13.4. The Morgan fingerprint density at radius 2 is 1.95 bits per heavy atom. The first-order chi connectivity index (χ1) is 18.5. The summed E-state index contributed by atoms with van der Waals surface area (Å²) in [5, 5.41) is 7.28. The van der Waals surface area contributed by atoms with Gasteiger partial charge in [0.1, 0.15) is 5.75 Å². The van der Waals surface area contributed by atoms with Gasteiger partial charge in [0.15, 0.2) is 5.82 Å². The molecule has 0 radical (unpaired) electrons. The zero-order valence-corrected chi connectivity index (χ0v) is 22.6. The van der Waals surface area contributed by atoms with E-state index in [1.807, 2.05) is 17.0 Å². The minimum Gasteiger partial charge on any atom is -0.493 e. The number of benzene rings is 1. The Bertz CT molecular complexity index is 1090. The first-order valence-corrected chi connectivity index (χ1v) is 14.3. The highest BCUT2D eigenvalue weighted by molar-refractivity contribution is 5.83. The molecule has 9 heteroatoms. The van der Waals surface area contributed by atoms with E-state index in [1.54, 1.807) is 6.92 Å². The topological polar surface area (TPSA) is 101 Å². The second-order valence-corrected chi connectivity index (χ2v) is 11.2. The Labute approximate surface area is 225 Å². The molecule has 9 nitrogen and oxygen atoms in total. The third kappa shape index (κ3) is 6.37. The van der Waals surface area contributed by atoms with Gasteiger partial charge in [-0.25, -0.2) is 0 Å². The second-order valence-electron chi connectivity index (χ2n) is 11.2. The van der Waals surface area contributed by atoms with Crippen molar-refractivity contribution in [3.63, 3.8) is 0 Å². The highest BCUT2D eigenvalue weighted by atomic mass is 16.5. The number of likely N-dealkylation sites (tertiary alicyclic amines) is 2. The van der Waals surface area contributed by atoms with Crippen molar-refractivity contribution in [1.29, 1.82) is 0 Å². The van der Waals surface area contributed by atoms with Gasteiger partial charge in [-0.3, -0.25) is 14.5 Å². The maximum absolute atomic E-state index is 13.4. The number of piperidine rings is 2. The van der Waals surface area contributed by atoms with Crippen LogP contribution in [0.5, 0.6) is 5.75 Å². The van der Waals surface area contributed by atoms with E-state index in [0.29, 0.717) is 38.0 Å². The number of rotatable bonds is 3. The van der Waals surface area contributed by atoms with Crippen LogP contribution in [-0.2, 0) is 16.0 Å². The Hall–Kier alpha value is -2.94. The molecule has 1 aromatic heterocycles. The van der Waals surface area contributed by atoms with Gasteiger partial charge in [-0.2, -0.15) is 4.98 Å². The number of hydrogen-bond donors (Lipinski definition) is 1. The molecule has 3 aliphatic heterocycles. The lowest BCUT2D eigenvalue weighted by molar-refractivity contribution is -0.137. The van der Waals surface area contributed by atoms with Crippen molar-refractivity contribution in [2.24, 2.45) is 5.41 Å². The van der Waals surface area contributed by atoms with Gasteiger partial charge in [0.25, 0.3) is 0 Å². The lowest BCUT2D eigenvalue weighted by Crippen LogP contribution is -2.51. The number of aromatic nitrogens is 2. The van der Waals surface area contributed by atoms with E-state index in [1.165, 1.54) is 5.56 Å². The van der Waals surface area contributed by atoms with Crippen molar-refractivity contribution in [3.05, 3.63) is 41.5 Å². The molecule has 0 saturated carbocycles. The zero-order valence-electron chi connectivity index (χ0n) is 22.6. The van der Waals surface area contributed by atoms with Crippen LogP contribution in [0.15, 0.2) is 28.8 Å². The molecule has 2 saturated heterocycles. The number of carbonyl (C=O) groups excluding carboxylic acids is 2. The molecule has 0 aliphatic carbocycles. The molecule has 1 aromatic carbocycles. The first kappa shape index (κ1) is 26.7. The van der Waals surface area contributed by atoms with Gasteiger partial charge in [-0.05, 0) is 76.1 Å². The number of para-hydroxylation sites is 1. The van der Waals surface area contributed by atoms with Gasteiger partial charge in [-0.15, -0.1) is 0 Å². The summed E-state index contributed by atoms with van der Waals surface area (Å²) in [6, 6.07) is 8.28. The molecular weight excluding hydrogens is 482 g/mol. The smallest absolute Gasteiger partial charge is 0.236 e. The van der Waals surface area contributed by atoms with Crippen molar-refractivity contribution in [3.8, 4) is 5.75 Å². The van der Waals surface area contributed by atoms with Gasteiger partial charge in [0.2, 0.25) is 17.7 Å². The SMILES string of the molecule is Cc1nc(C2CCCN(C(=O)CN3CCC4(CCCCc5ccccc5OCCCNC4=O)CC3)C2)no1. The van der Waals surface area contributed by atoms with Crippen LogP contribution in [0.3, 0.4) is 0 Å². The molecule has 2 amide bonds. The minimum atomic E-state index is -0.347. The molecule has 0 bridgehead atoms. The molecule has 3 aliphatic rings. The fourth-order valence-electron chi connectivity index (χ4n) is 6.19. The van der Waals surface area contributed by atoms with Crippen LogP contribution in [0, 0.1) is 12.3 Å². The van der Waals surface area contributed by atoms with Crippen LogP contribution in [0.25, 0.3) is 0 Å². The summed E-state index contributed by atoms with van der Waals surface area (Å²) in [6.07, 6.45) is 8.20. The fraction of sp³-hybridized carbons (Fsp3) is 0.655. The third-order valence-corrected chi connectivity index (χ3v) is 8.52. The second kappa shape index (κ2) is 12.3. The van der Waals surface area contributed by atoms with E-state index in [2.05, 4.69) is 32.5 Å². The van der Waals surface area contributed by atoms with Crippen molar-refractivity contribution in [2.75, 3.05) is 45.9 Å². The van der Waals surface area contributed by atoms with Crippen molar-refractivity contribution >= 4 is 11.8 Å². The highest BCUT2D eigenvalue weighted by Gasteiger charge is 2.41. The van der Waals surface area contributed by atoms with Crippen LogP contribution >= 0.6 is 0 Å². The zero-order chi connectivity index (χ0) is 26.4. The molecule has 1 spiro atoms. The standard InChI is InChI=1S/C29H41N5O4/c1-22-31-27(32-38-22)24-10-6-16-34(20-24)26(35)21-33-17-13-29(14-18-33)12-5-4-9-23-8-2-3-11-25(23)37-19-7-15-30-28(29)36/h2-3,8,11,24H,4-7,9-10,12-21H2,1H3,(H,30,36). The summed E-state index contributed by atoms with van der Waals surface area (Å²) in [6.45, 7) is 6.39. The number of amides is 2. The summed E-state index contributed by atoms with van der Waals surface area (Å²) < 4.78 is 11.2. The number of ether oxygens (including phenoxy) is 1. The predicted octanol–water partition coefficient (Wildman–Crippen LogP) is 3.48. The fourth-order valence-corrected chi connectivity index (χ4v) is 6.19. The number of nitrogens with zero attached hydrogens (tertiary/aromatic N) is 4. The van der Waals surface area contributed by atoms with E-state index in [-0.39, 0.29) is 23.1 Å². The van der Waals surface area contributed by atoms with E-state index < -0.39 is 0 Å². The van der Waals surface area contributed by atoms with E-state index in [0.717, 1.165) is 83.2 Å². The van der Waals surface area contributed by atoms with Crippen molar-refractivity contribution in [1.82, 2.24) is 25.3 Å². The highest BCUT2D eigenvalue weighted by Crippen LogP contribution is 2.38. The van der Waals surface area contributed by atoms with Crippen LogP contribution in [-0.4, -0.2) is 77.6 Å². The monoisotopic (exact) mass is 523 g/mol. The maximum Gasteiger partial charge on any atom is 0.236 e. The molecule has 206 valence electrons. The summed E-state index contributed by atoms with van der Waals surface area (Å²) in [4.78, 5) is 35.2. The summed E-state index contributed by atoms with van der Waals surface area (Å²) in [5.41, 5.74) is 0.906. The van der Waals surface area contributed by atoms with E-state index in [4.69, 9.17) is 9.26 Å². The van der Waals surface area contributed by atoms with Gasteiger partial charge < -0.3 is 19.5 Å². The van der Waals surface area contributed by atoms with Crippen LogP contribution in [0.2, 0.25) is 0 Å². The average molecular weight is 524 g/mol. The normalized spacial score (nSPS) is 23.3. The number of carbonyl (C=O) groups is 2. The Morgan fingerprint density at radius 3 is 2.76 bits per heavy atom. The van der Waals surface area contributed by atoms with E-state index >= 15 is 0 Å². The lowest BCUT2D eigenvalue weighted by atomic mass is 9.73. The number of nitrogens with one attached hydrogen (secondary N) is 1. The molecule has 2 fully saturated rings. The molecule has 1 unspecified atom stereocenters. The van der Waals surface area contributed by atoms with Crippen LogP contribution in [0.1, 0.15) is 74.6 Å². The molecule has 1 N–H and O–H groups in total. The quantitative estimate of drug-likeness (QED) is 0.657. The van der Waals surface area contributed by atoms with E-state index in [9.17, 15) is 9.59 Å². The molecular formula is C29H41N5O4.